The van der Waals surface area contributed by atoms with Gasteiger partial charge in [0.1, 0.15) is 6.61 Å². The Morgan fingerprint density at radius 1 is 1.15 bits per heavy atom. The molecule has 1 aromatic heterocycles. The van der Waals surface area contributed by atoms with Crippen LogP contribution in [0.3, 0.4) is 0 Å². The van der Waals surface area contributed by atoms with Gasteiger partial charge in [0.2, 0.25) is 0 Å². The monoisotopic (exact) mass is 380 g/mol. The zero-order chi connectivity index (χ0) is 19.6. The molecule has 2 aromatic carbocycles. The standard InChI is InChI=1S/C20H20F4N2O/c1-25-9-8-14-11-26(2)17-7-6-16(21)19(18(14)17)27-12-13-4-3-5-15(10-13)20(22,23)24/h3-7,10-11,25H,8-9,12H2,1-2H3. The number of halogens is 4. The molecule has 7 heteroatoms. The summed E-state index contributed by atoms with van der Waals surface area (Å²) < 4.78 is 60.6. The fourth-order valence-electron chi connectivity index (χ4n) is 3.10. The van der Waals surface area contributed by atoms with E-state index >= 15 is 0 Å². The van der Waals surface area contributed by atoms with E-state index in [1.807, 2.05) is 24.9 Å². The van der Waals surface area contributed by atoms with E-state index in [0.717, 1.165) is 23.2 Å². The Kier molecular flexibility index (Phi) is 5.41. The predicted molar refractivity (Wildman–Crippen MR) is 96.3 cm³/mol. The van der Waals surface area contributed by atoms with Crippen molar-refractivity contribution in [3.63, 3.8) is 0 Å². The first-order valence-corrected chi connectivity index (χ1v) is 8.51. The van der Waals surface area contributed by atoms with Crippen molar-refractivity contribution in [3.05, 3.63) is 65.1 Å². The van der Waals surface area contributed by atoms with E-state index in [1.165, 1.54) is 18.2 Å². The number of benzene rings is 2. The number of likely N-dealkylation sites (N-methyl/N-ethyl adjacent to an activating group) is 1. The number of nitrogens with one attached hydrogen (secondary N) is 1. The van der Waals surface area contributed by atoms with Gasteiger partial charge in [-0.05, 0) is 55.4 Å². The molecule has 3 aromatic rings. The molecule has 0 saturated heterocycles. The Morgan fingerprint density at radius 2 is 1.93 bits per heavy atom. The lowest BCUT2D eigenvalue weighted by Crippen LogP contribution is -2.10. The summed E-state index contributed by atoms with van der Waals surface area (Å²) in [4.78, 5) is 0. The maximum Gasteiger partial charge on any atom is 0.416 e. The van der Waals surface area contributed by atoms with Crippen LogP contribution in [-0.2, 0) is 26.3 Å². The van der Waals surface area contributed by atoms with Crippen LogP contribution in [0.2, 0.25) is 0 Å². The number of hydrogen-bond donors (Lipinski definition) is 1. The lowest BCUT2D eigenvalue weighted by atomic mass is 10.1. The van der Waals surface area contributed by atoms with E-state index in [1.54, 1.807) is 6.07 Å². The molecule has 0 spiro atoms. The summed E-state index contributed by atoms with van der Waals surface area (Å²) in [7, 11) is 3.69. The van der Waals surface area contributed by atoms with Crippen LogP contribution in [0.1, 0.15) is 16.7 Å². The number of nitrogens with zero attached hydrogens (tertiary/aromatic N) is 1. The van der Waals surface area contributed by atoms with Crippen LogP contribution >= 0.6 is 0 Å². The summed E-state index contributed by atoms with van der Waals surface area (Å²) >= 11 is 0. The van der Waals surface area contributed by atoms with Crippen molar-refractivity contribution in [1.29, 1.82) is 0 Å². The number of aryl methyl sites for hydroxylation is 1. The first-order chi connectivity index (χ1) is 12.8. The molecule has 144 valence electrons. The van der Waals surface area contributed by atoms with Crippen LogP contribution in [0.15, 0.2) is 42.6 Å². The lowest BCUT2D eigenvalue weighted by molar-refractivity contribution is -0.137. The van der Waals surface area contributed by atoms with Crippen LogP contribution in [0.5, 0.6) is 5.75 Å². The summed E-state index contributed by atoms with van der Waals surface area (Å²) in [6.07, 6.45) is -1.84. The molecule has 1 N–H and O–H groups in total. The van der Waals surface area contributed by atoms with Gasteiger partial charge in [0.05, 0.1) is 11.1 Å². The smallest absolute Gasteiger partial charge is 0.416 e. The first-order valence-electron chi connectivity index (χ1n) is 8.51. The Morgan fingerprint density at radius 3 is 2.63 bits per heavy atom. The van der Waals surface area contributed by atoms with Gasteiger partial charge in [-0.1, -0.05) is 12.1 Å². The van der Waals surface area contributed by atoms with Crippen LogP contribution < -0.4 is 10.1 Å². The van der Waals surface area contributed by atoms with Gasteiger partial charge in [0.25, 0.3) is 0 Å². The van der Waals surface area contributed by atoms with Crippen molar-refractivity contribution in [2.75, 3.05) is 13.6 Å². The number of ether oxygens (including phenoxy) is 1. The van der Waals surface area contributed by atoms with Crippen LogP contribution in [-0.4, -0.2) is 18.2 Å². The van der Waals surface area contributed by atoms with E-state index in [2.05, 4.69) is 5.32 Å². The molecule has 0 saturated carbocycles. The highest BCUT2D eigenvalue weighted by molar-refractivity contribution is 5.90. The van der Waals surface area contributed by atoms with Gasteiger partial charge in [0.15, 0.2) is 11.6 Å². The lowest BCUT2D eigenvalue weighted by Gasteiger charge is -2.12. The van der Waals surface area contributed by atoms with Crippen LogP contribution in [0.25, 0.3) is 10.9 Å². The van der Waals surface area contributed by atoms with Crippen molar-refractivity contribution in [1.82, 2.24) is 9.88 Å². The van der Waals surface area contributed by atoms with Crippen LogP contribution in [0, 0.1) is 5.82 Å². The average molecular weight is 380 g/mol. The predicted octanol–water partition coefficient (Wildman–Crippen LogP) is 4.68. The van der Waals surface area contributed by atoms with Gasteiger partial charge in [-0.2, -0.15) is 13.2 Å². The van der Waals surface area contributed by atoms with E-state index < -0.39 is 17.6 Å². The SMILES string of the molecule is CNCCc1cn(C)c2ccc(F)c(OCc3cccc(C(F)(F)F)c3)c12. The summed E-state index contributed by atoms with van der Waals surface area (Å²) in [6, 6.07) is 7.85. The highest BCUT2D eigenvalue weighted by Gasteiger charge is 2.30. The normalized spacial score (nSPS) is 11.9. The highest BCUT2D eigenvalue weighted by Crippen LogP contribution is 2.34. The molecule has 0 aliphatic heterocycles. The molecule has 0 fully saturated rings. The molecule has 3 rings (SSSR count). The fourth-order valence-corrected chi connectivity index (χ4v) is 3.10. The first kappa shape index (κ1) is 19.2. The minimum Gasteiger partial charge on any atom is -0.485 e. The van der Waals surface area contributed by atoms with E-state index in [4.69, 9.17) is 4.74 Å². The minimum atomic E-state index is -4.43. The third kappa shape index (κ3) is 4.08. The molecule has 0 amide bonds. The summed E-state index contributed by atoms with van der Waals surface area (Å²) in [5.41, 5.74) is 1.30. The topological polar surface area (TPSA) is 26.2 Å². The Hall–Kier alpha value is -2.54. The molecule has 0 aliphatic rings. The maximum absolute atomic E-state index is 14.5. The average Bonchev–Trinajstić information content (AvgIpc) is 2.94. The van der Waals surface area contributed by atoms with Crippen molar-refractivity contribution in [2.24, 2.45) is 7.05 Å². The zero-order valence-corrected chi connectivity index (χ0v) is 15.0. The van der Waals surface area contributed by atoms with Crippen LogP contribution in [0.4, 0.5) is 17.6 Å². The minimum absolute atomic E-state index is 0.0663. The number of rotatable bonds is 6. The highest BCUT2D eigenvalue weighted by atomic mass is 19.4. The summed E-state index contributed by atoms with van der Waals surface area (Å²) in [5, 5.41) is 3.70. The molecule has 3 nitrogen and oxygen atoms in total. The number of aromatic nitrogens is 1. The zero-order valence-electron chi connectivity index (χ0n) is 15.0. The van der Waals surface area contributed by atoms with E-state index in [9.17, 15) is 17.6 Å². The van der Waals surface area contributed by atoms with Gasteiger partial charge >= 0.3 is 6.18 Å². The van der Waals surface area contributed by atoms with Gasteiger partial charge in [-0.15, -0.1) is 0 Å². The second kappa shape index (κ2) is 7.60. The quantitative estimate of drug-likeness (QED) is 0.629. The molecule has 0 unspecified atom stereocenters. The van der Waals surface area contributed by atoms with Crippen molar-refractivity contribution < 1.29 is 22.3 Å². The van der Waals surface area contributed by atoms with Crippen molar-refractivity contribution >= 4 is 10.9 Å². The second-order valence-electron chi connectivity index (χ2n) is 6.38. The number of alkyl halides is 3. The molecule has 0 bridgehead atoms. The van der Waals surface area contributed by atoms with Crippen molar-refractivity contribution in [3.8, 4) is 5.75 Å². The molecule has 0 aliphatic carbocycles. The summed E-state index contributed by atoms with van der Waals surface area (Å²) in [5.74, 6) is -0.469. The molecular formula is C20H20F4N2O. The van der Waals surface area contributed by atoms with E-state index in [0.29, 0.717) is 23.9 Å². The third-order valence-corrected chi connectivity index (χ3v) is 4.42. The third-order valence-electron chi connectivity index (χ3n) is 4.42. The molecule has 27 heavy (non-hydrogen) atoms. The molecular weight excluding hydrogens is 360 g/mol. The second-order valence-corrected chi connectivity index (χ2v) is 6.38. The summed E-state index contributed by atoms with van der Waals surface area (Å²) in [6.45, 7) is 0.559. The molecule has 1 heterocycles. The van der Waals surface area contributed by atoms with Crippen molar-refractivity contribution in [2.45, 2.75) is 19.2 Å². The fraction of sp³-hybridized carbons (Fsp3) is 0.300. The van der Waals surface area contributed by atoms with Gasteiger partial charge < -0.3 is 14.6 Å². The van der Waals surface area contributed by atoms with Gasteiger partial charge in [-0.25, -0.2) is 4.39 Å². The largest absolute Gasteiger partial charge is 0.485 e. The molecule has 0 atom stereocenters. The maximum atomic E-state index is 14.5. The Bertz CT molecular complexity index is 947. The van der Waals surface area contributed by atoms with Gasteiger partial charge in [-0.3, -0.25) is 0 Å². The molecule has 0 radical (unpaired) electrons. The Balaban J connectivity index is 1.94. The number of fused-ring (bicyclic) bond motifs is 1. The van der Waals surface area contributed by atoms with E-state index in [-0.39, 0.29) is 12.4 Å². The Labute approximate surface area is 154 Å². The van der Waals surface area contributed by atoms with Gasteiger partial charge in [0, 0.05) is 18.6 Å². The number of hydrogen-bond acceptors (Lipinski definition) is 2.